The molecule has 0 unspecified atom stereocenters. The van der Waals surface area contributed by atoms with Crippen LogP contribution in [0.2, 0.25) is 0 Å². The molecule has 0 aliphatic carbocycles. The average Bonchev–Trinajstić information content (AvgIpc) is 2.97. The van der Waals surface area contributed by atoms with Gasteiger partial charge in [0, 0.05) is 30.9 Å². The number of halogens is 3. The van der Waals surface area contributed by atoms with Crippen LogP contribution in [0.25, 0.3) is 0 Å². The van der Waals surface area contributed by atoms with Crippen molar-refractivity contribution >= 4 is 23.3 Å². The Bertz CT molecular complexity index is 1060. The Morgan fingerprint density at radius 1 is 1.23 bits per heavy atom. The quantitative estimate of drug-likeness (QED) is 0.554. The minimum absolute atomic E-state index is 0.000326. The molecule has 0 aliphatic heterocycles. The second kappa shape index (κ2) is 8.41. The van der Waals surface area contributed by atoms with Gasteiger partial charge in [-0.1, -0.05) is 0 Å². The van der Waals surface area contributed by atoms with Crippen LogP contribution in [-0.4, -0.2) is 34.1 Å². The lowest BCUT2D eigenvalue weighted by molar-refractivity contribution is -0.120. The molecule has 1 atom stereocenters. The number of amides is 2. The molecule has 0 aliphatic rings. The third-order valence-corrected chi connectivity index (χ3v) is 4.67. The summed E-state index contributed by atoms with van der Waals surface area (Å²) in [5.41, 5.74) is 0.0450. The van der Waals surface area contributed by atoms with E-state index in [9.17, 15) is 27.6 Å². The maximum Gasteiger partial charge on any atom is 0.292 e. The number of benzene rings is 1. The summed E-state index contributed by atoms with van der Waals surface area (Å²) in [6.07, 6.45) is 0. The molecule has 1 aromatic heterocycles. The number of carbonyl (C=O) groups is 3. The van der Waals surface area contributed by atoms with Gasteiger partial charge in [-0.15, -0.1) is 0 Å². The van der Waals surface area contributed by atoms with Crippen LogP contribution in [0, 0.1) is 24.1 Å². The van der Waals surface area contributed by atoms with Crippen molar-refractivity contribution in [2.75, 3.05) is 5.32 Å². The lowest BCUT2D eigenvalue weighted by Crippen LogP contribution is -2.46. The van der Waals surface area contributed by atoms with Crippen molar-refractivity contribution in [2.45, 2.75) is 32.7 Å². The normalized spacial score (nSPS) is 12.1. The number of nitrogens with zero attached hydrogens (tertiary/aromatic N) is 2. The number of anilines is 1. The number of rotatable bonds is 6. The molecule has 0 radical (unpaired) electrons. The van der Waals surface area contributed by atoms with Gasteiger partial charge in [0.05, 0.1) is 11.6 Å². The molecular weight excluding hydrogens is 401 g/mol. The van der Waals surface area contributed by atoms with Crippen molar-refractivity contribution in [1.82, 2.24) is 9.88 Å². The molecule has 0 spiro atoms. The predicted octanol–water partition coefficient (Wildman–Crippen LogP) is 2.94. The Morgan fingerprint density at radius 2 is 1.87 bits per heavy atom. The van der Waals surface area contributed by atoms with Gasteiger partial charge in [-0.2, -0.15) is 5.26 Å². The van der Waals surface area contributed by atoms with E-state index in [0.29, 0.717) is 6.92 Å². The minimum atomic E-state index is -3.22. The highest BCUT2D eigenvalue weighted by Gasteiger charge is 2.34. The number of aromatic nitrogens is 1. The summed E-state index contributed by atoms with van der Waals surface area (Å²) in [6, 6.07) is 4.68. The Balaban J connectivity index is 2.26. The van der Waals surface area contributed by atoms with Crippen LogP contribution in [0.1, 0.15) is 46.0 Å². The fourth-order valence-corrected chi connectivity index (χ4v) is 2.54. The SMILES string of the molecule is Cc1c(C(=O)C(=O)N[C@@H](C)C(C)(F)F)cc(C(=O)Nc2ccc(F)c(C#N)c2)n1C. The van der Waals surface area contributed by atoms with Gasteiger partial charge in [-0.25, -0.2) is 13.2 Å². The Kier molecular flexibility index (Phi) is 6.35. The van der Waals surface area contributed by atoms with E-state index in [0.717, 1.165) is 25.1 Å². The van der Waals surface area contributed by atoms with Crippen LogP contribution < -0.4 is 10.6 Å². The number of nitrogens with one attached hydrogen (secondary N) is 2. The van der Waals surface area contributed by atoms with E-state index in [1.165, 1.54) is 24.6 Å². The predicted molar refractivity (Wildman–Crippen MR) is 102 cm³/mol. The molecule has 0 fully saturated rings. The minimum Gasteiger partial charge on any atom is -0.343 e. The molecule has 10 heteroatoms. The first-order valence-corrected chi connectivity index (χ1v) is 8.77. The van der Waals surface area contributed by atoms with Gasteiger partial charge in [0.25, 0.3) is 23.5 Å². The maximum atomic E-state index is 13.4. The molecule has 1 heterocycles. The topological polar surface area (TPSA) is 104 Å². The standard InChI is InChI=1S/C20H19F3N4O3/c1-10-14(17(28)19(30)25-11(2)20(3,22)23)8-16(27(10)4)18(29)26-13-5-6-15(21)12(7-13)9-24/h5-8,11H,1-4H3,(H,25,30)(H,26,29)/t11-/m0/s1. The summed E-state index contributed by atoms with van der Waals surface area (Å²) >= 11 is 0. The number of nitriles is 1. The van der Waals surface area contributed by atoms with Gasteiger partial charge >= 0.3 is 0 Å². The van der Waals surface area contributed by atoms with Crippen molar-refractivity contribution < 1.29 is 27.6 Å². The molecule has 2 aromatic rings. The van der Waals surface area contributed by atoms with E-state index in [4.69, 9.17) is 5.26 Å². The molecule has 30 heavy (non-hydrogen) atoms. The lowest BCUT2D eigenvalue weighted by Gasteiger charge is -2.20. The van der Waals surface area contributed by atoms with E-state index in [-0.39, 0.29) is 28.2 Å². The van der Waals surface area contributed by atoms with E-state index in [2.05, 4.69) is 5.32 Å². The number of carbonyl (C=O) groups excluding carboxylic acids is 3. The van der Waals surface area contributed by atoms with Gasteiger partial charge in [-0.3, -0.25) is 14.4 Å². The monoisotopic (exact) mass is 420 g/mol. The van der Waals surface area contributed by atoms with Gasteiger partial charge in [0.2, 0.25) is 0 Å². The first-order valence-electron chi connectivity index (χ1n) is 8.77. The van der Waals surface area contributed by atoms with E-state index in [1.54, 1.807) is 6.07 Å². The van der Waals surface area contributed by atoms with Crippen LogP contribution in [0.15, 0.2) is 24.3 Å². The van der Waals surface area contributed by atoms with E-state index >= 15 is 0 Å². The van der Waals surface area contributed by atoms with Crippen LogP contribution in [0.3, 0.4) is 0 Å². The molecular formula is C20H19F3N4O3. The van der Waals surface area contributed by atoms with Gasteiger partial charge in [0.15, 0.2) is 0 Å². The third-order valence-electron chi connectivity index (χ3n) is 4.67. The summed E-state index contributed by atoms with van der Waals surface area (Å²) in [6.45, 7) is 3.17. The Labute approximate surface area is 170 Å². The molecule has 0 saturated heterocycles. The molecule has 0 bridgehead atoms. The fourth-order valence-electron chi connectivity index (χ4n) is 2.54. The maximum absolute atomic E-state index is 13.4. The highest BCUT2D eigenvalue weighted by atomic mass is 19.3. The summed E-state index contributed by atoms with van der Waals surface area (Å²) in [5.74, 6) is -6.92. The van der Waals surface area contributed by atoms with Crippen LogP contribution in [0.4, 0.5) is 18.9 Å². The van der Waals surface area contributed by atoms with Crippen molar-refractivity contribution in [3.05, 3.63) is 52.6 Å². The zero-order valence-corrected chi connectivity index (χ0v) is 16.6. The number of Topliss-reactive ketones (excluding diaryl/α,β-unsaturated/α-hetero) is 1. The average molecular weight is 420 g/mol. The van der Waals surface area contributed by atoms with Crippen LogP contribution in [0.5, 0.6) is 0 Å². The van der Waals surface area contributed by atoms with Crippen molar-refractivity contribution in [3.63, 3.8) is 0 Å². The molecule has 2 N–H and O–H groups in total. The molecule has 2 rings (SSSR count). The number of alkyl halides is 2. The largest absolute Gasteiger partial charge is 0.343 e. The van der Waals surface area contributed by atoms with Gasteiger partial charge in [0.1, 0.15) is 17.6 Å². The molecule has 2 amide bonds. The van der Waals surface area contributed by atoms with Crippen molar-refractivity contribution in [3.8, 4) is 6.07 Å². The summed E-state index contributed by atoms with van der Waals surface area (Å²) in [7, 11) is 1.48. The zero-order valence-electron chi connectivity index (χ0n) is 16.6. The first-order chi connectivity index (χ1) is 13.9. The number of hydrogen-bond donors (Lipinski definition) is 2. The van der Waals surface area contributed by atoms with Crippen molar-refractivity contribution in [2.24, 2.45) is 7.05 Å². The van der Waals surface area contributed by atoms with E-state index < -0.39 is 35.4 Å². The third kappa shape index (κ3) is 4.68. The number of hydrogen-bond acceptors (Lipinski definition) is 4. The molecule has 158 valence electrons. The van der Waals surface area contributed by atoms with Gasteiger partial charge < -0.3 is 15.2 Å². The Morgan fingerprint density at radius 3 is 2.43 bits per heavy atom. The van der Waals surface area contributed by atoms with Crippen molar-refractivity contribution in [1.29, 1.82) is 5.26 Å². The summed E-state index contributed by atoms with van der Waals surface area (Å²) in [5, 5.41) is 13.3. The first kappa shape index (κ1) is 22.7. The van der Waals surface area contributed by atoms with Gasteiger partial charge in [-0.05, 0) is 38.1 Å². The zero-order chi connectivity index (χ0) is 22.8. The molecule has 0 saturated carbocycles. The lowest BCUT2D eigenvalue weighted by atomic mass is 10.1. The smallest absolute Gasteiger partial charge is 0.292 e. The highest BCUT2D eigenvalue weighted by Crippen LogP contribution is 2.20. The summed E-state index contributed by atoms with van der Waals surface area (Å²) < 4.78 is 41.3. The fraction of sp³-hybridized carbons (Fsp3) is 0.300. The molecule has 1 aromatic carbocycles. The van der Waals surface area contributed by atoms with E-state index in [1.807, 2.05) is 5.32 Å². The highest BCUT2D eigenvalue weighted by molar-refractivity contribution is 6.43. The second-order valence-corrected chi connectivity index (χ2v) is 6.83. The van der Waals surface area contributed by atoms with Crippen LogP contribution in [-0.2, 0) is 11.8 Å². The second-order valence-electron chi connectivity index (χ2n) is 6.83. The number of ketones is 1. The summed E-state index contributed by atoms with van der Waals surface area (Å²) in [4.78, 5) is 37.0. The molecule has 7 nitrogen and oxygen atoms in total. The van der Waals surface area contributed by atoms with Crippen LogP contribution >= 0.6 is 0 Å². The Hall–Kier alpha value is -3.61.